The second-order valence-electron chi connectivity index (χ2n) is 4.46. The Morgan fingerprint density at radius 2 is 1.69 bits per heavy atom. The van der Waals surface area contributed by atoms with E-state index in [1.807, 2.05) is 7.05 Å². The maximum absolute atomic E-state index is 12.9. The molecule has 0 saturated heterocycles. The number of nitrogens with one attached hydrogen (secondary N) is 1. The molecule has 0 saturated carbocycles. The Morgan fingerprint density at radius 1 is 1.12 bits per heavy atom. The van der Waals surface area contributed by atoms with Crippen molar-refractivity contribution in [3.63, 3.8) is 0 Å². The second kappa shape index (κ2) is 5.94. The van der Waals surface area contributed by atoms with Gasteiger partial charge in [0.2, 0.25) is 0 Å². The van der Waals surface area contributed by atoms with E-state index in [0.29, 0.717) is 18.4 Å². The molecule has 0 aliphatic heterocycles. The molecule has 3 heteroatoms. The van der Waals surface area contributed by atoms with Crippen LogP contribution in [0.3, 0.4) is 0 Å². The Hall–Kier alpha value is -0.960. The van der Waals surface area contributed by atoms with Gasteiger partial charge in [-0.05, 0) is 43.5 Å². The average Bonchev–Trinajstić information content (AvgIpc) is 2.16. The molecule has 0 aliphatic carbocycles. The van der Waals surface area contributed by atoms with Crippen LogP contribution in [0.5, 0.6) is 0 Å². The minimum Gasteiger partial charge on any atom is -0.317 e. The molecular formula is C13H19F2N. The van der Waals surface area contributed by atoms with Crippen molar-refractivity contribution < 1.29 is 8.78 Å². The van der Waals surface area contributed by atoms with Crippen molar-refractivity contribution in [3.05, 3.63) is 35.4 Å². The van der Waals surface area contributed by atoms with Gasteiger partial charge in [0.1, 0.15) is 11.6 Å². The summed E-state index contributed by atoms with van der Waals surface area (Å²) in [5, 5.41) is 3.21. The molecule has 0 aliphatic rings. The maximum Gasteiger partial charge on any atom is 0.126 e. The van der Waals surface area contributed by atoms with Gasteiger partial charge in [-0.25, -0.2) is 8.78 Å². The average molecular weight is 227 g/mol. The number of hydrogen-bond donors (Lipinski definition) is 1. The molecule has 0 fully saturated rings. The molecule has 0 aromatic heterocycles. The first-order valence-corrected chi connectivity index (χ1v) is 5.65. The van der Waals surface area contributed by atoms with Gasteiger partial charge >= 0.3 is 0 Å². The Kier molecular flexibility index (Phi) is 4.87. The van der Waals surface area contributed by atoms with Crippen LogP contribution in [0.25, 0.3) is 0 Å². The summed E-state index contributed by atoms with van der Waals surface area (Å²) in [4.78, 5) is 0. The third-order valence-electron chi connectivity index (χ3n) is 2.84. The van der Waals surface area contributed by atoms with Gasteiger partial charge in [-0.1, -0.05) is 13.8 Å². The van der Waals surface area contributed by atoms with Crippen molar-refractivity contribution in [2.24, 2.45) is 5.92 Å². The summed E-state index contributed by atoms with van der Waals surface area (Å²) < 4.78 is 25.9. The van der Waals surface area contributed by atoms with Crippen molar-refractivity contribution in [2.45, 2.75) is 32.7 Å². The summed E-state index contributed by atoms with van der Waals surface area (Å²) in [6.45, 7) is 4.26. The van der Waals surface area contributed by atoms with Gasteiger partial charge in [-0.2, -0.15) is 0 Å². The van der Waals surface area contributed by atoms with Crippen LogP contribution in [0, 0.1) is 17.6 Å². The molecule has 1 aromatic rings. The zero-order valence-electron chi connectivity index (χ0n) is 10.1. The standard InChI is InChI=1S/C13H19F2N/c1-9(2)13(16-3)5-4-10-6-11(14)8-12(15)7-10/h6-9,13,16H,4-5H2,1-3H3. The molecule has 1 rings (SSSR count). The molecular weight excluding hydrogens is 208 g/mol. The Balaban J connectivity index is 2.60. The number of benzene rings is 1. The lowest BCUT2D eigenvalue weighted by atomic mass is 9.97. The van der Waals surface area contributed by atoms with E-state index in [4.69, 9.17) is 0 Å². The molecule has 1 N–H and O–H groups in total. The van der Waals surface area contributed by atoms with Crippen LogP contribution in [0.2, 0.25) is 0 Å². The first-order valence-electron chi connectivity index (χ1n) is 5.65. The van der Waals surface area contributed by atoms with Crippen LogP contribution in [0.4, 0.5) is 8.78 Å². The molecule has 1 nitrogen and oxygen atoms in total. The van der Waals surface area contributed by atoms with Crippen LogP contribution in [0.1, 0.15) is 25.8 Å². The minimum atomic E-state index is -0.499. The quantitative estimate of drug-likeness (QED) is 0.814. The number of halogens is 2. The third kappa shape index (κ3) is 3.89. The Bertz CT molecular complexity index is 316. The zero-order valence-corrected chi connectivity index (χ0v) is 10.1. The van der Waals surface area contributed by atoms with Crippen LogP contribution < -0.4 is 5.32 Å². The highest BCUT2D eigenvalue weighted by Gasteiger charge is 2.11. The highest BCUT2D eigenvalue weighted by atomic mass is 19.1. The first-order chi connectivity index (χ1) is 7.52. The topological polar surface area (TPSA) is 12.0 Å². The van der Waals surface area contributed by atoms with Crippen LogP contribution in [-0.2, 0) is 6.42 Å². The molecule has 0 radical (unpaired) electrons. The highest BCUT2D eigenvalue weighted by Crippen LogP contribution is 2.13. The van der Waals surface area contributed by atoms with Gasteiger partial charge in [0, 0.05) is 12.1 Å². The third-order valence-corrected chi connectivity index (χ3v) is 2.84. The lowest BCUT2D eigenvalue weighted by Gasteiger charge is -2.19. The second-order valence-corrected chi connectivity index (χ2v) is 4.46. The molecule has 0 bridgehead atoms. The Labute approximate surface area is 95.9 Å². The van der Waals surface area contributed by atoms with Crippen molar-refractivity contribution >= 4 is 0 Å². The van der Waals surface area contributed by atoms with E-state index < -0.39 is 11.6 Å². The fraction of sp³-hybridized carbons (Fsp3) is 0.538. The lowest BCUT2D eigenvalue weighted by Crippen LogP contribution is -2.31. The van der Waals surface area contributed by atoms with Gasteiger partial charge in [0.25, 0.3) is 0 Å². The van der Waals surface area contributed by atoms with E-state index in [-0.39, 0.29) is 0 Å². The summed E-state index contributed by atoms with van der Waals surface area (Å²) in [5.41, 5.74) is 0.721. The SMILES string of the molecule is CNC(CCc1cc(F)cc(F)c1)C(C)C. The van der Waals surface area contributed by atoms with Crippen molar-refractivity contribution in [1.82, 2.24) is 5.32 Å². The van der Waals surface area contributed by atoms with E-state index in [0.717, 1.165) is 18.1 Å². The van der Waals surface area contributed by atoms with Crippen molar-refractivity contribution in [3.8, 4) is 0 Å². The van der Waals surface area contributed by atoms with Crippen molar-refractivity contribution in [2.75, 3.05) is 7.05 Å². The Morgan fingerprint density at radius 3 is 2.12 bits per heavy atom. The molecule has 1 aromatic carbocycles. The van der Waals surface area contributed by atoms with Gasteiger partial charge in [0.15, 0.2) is 0 Å². The highest BCUT2D eigenvalue weighted by molar-refractivity contribution is 5.18. The van der Waals surface area contributed by atoms with Gasteiger partial charge in [-0.3, -0.25) is 0 Å². The molecule has 0 amide bonds. The molecule has 0 heterocycles. The fourth-order valence-corrected chi connectivity index (χ4v) is 1.89. The minimum absolute atomic E-state index is 0.381. The van der Waals surface area contributed by atoms with Gasteiger partial charge < -0.3 is 5.32 Å². The summed E-state index contributed by atoms with van der Waals surface area (Å²) >= 11 is 0. The van der Waals surface area contributed by atoms with Crippen LogP contribution in [-0.4, -0.2) is 13.1 Å². The predicted octanol–water partition coefficient (Wildman–Crippen LogP) is 3.14. The number of aryl methyl sites for hydroxylation is 1. The lowest BCUT2D eigenvalue weighted by molar-refractivity contribution is 0.402. The normalized spacial score (nSPS) is 13.1. The van der Waals surface area contributed by atoms with Crippen molar-refractivity contribution in [1.29, 1.82) is 0 Å². The molecule has 0 spiro atoms. The van der Waals surface area contributed by atoms with E-state index in [9.17, 15) is 8.78 Å². The van der Waals surface area contributed by atoms with E-state index in [1.54, 1.807) is 0 Å². The summed E-state index contributed by atoms with van der Waals surface area (Å²) in [7, 11) is 1.91. The van der Waals surface area contributed by atoms with E-state index in [1.165, 1.54) is 12.1 Å². The molecule has 16 heavy (non-hydrogen) atoms. The summed E-state index contributed by atoms with van der Waals surface area (Å²) in [5.74, 6) is -0.482. The van der Waals surface area contributed by atoms with Gasteiger partial charge in [-0.15, -0.1) is 0 Å². The smallest absolute Gasteiger partial charge is 0.126 e. The van der Waals surface area contributed by atoms with Crippen LogP contribution in [0.15, 0.2) is 18.2 Å². The largest absolute Gasteiger partial charge is 0.317 e. The number of rotatable bonds is 5. The predicted molar refractivity (Wildman–Crippen MR) is 62.4 cm³/mol. The fourth-order valence-electron chi connectivity index (χ4n) is 1.89. The monoisotopic (exact) mass is 227 g/mol. The van der Waals surface area contributed by atoms with Gasteiger partial charge in [0.05, 0.1) is 0 Å². The molecule has 1 unspecified atom stereocenters. The zero-order chi connectivity index (χ0) is 12.1. The van der Waals surface area contributed by atoms with E-state index >= 15 is 0 Å². The number of hydrogen-bond acceptors (Lipinski definition) is 1. The first kappa shape index (κ1) is 13.1. The molecule has 90 valence electrons. The van der Waals surface area contributed by atoms with E-state index in [2.05, 4.69) is 19.2 Å². The van der Waals surface area contributed by atoms with Crippen LogP contribution >= 0.6 is 0 Å². The summed E-state index contributed by atoms with van der Waals surface area (Å²) in [6.07, 6.45) is 1.58. The maximum atomic E-state index is 12.9. The molecule has 1 atom stereocenters. The summed E-state index contributed by atoms with van der Waals surface area (Å²) in [6, 6.07) is 4.08.